The fourth-order valence-electron chi connectivity index (χ4n) is 2.43. The predicted molar refractivity (Wildman–Crippen MR) is 110 cm³/mol. The van der Waals surface area contributed by atoms with E-state index in [9.17, 15) is 5.11 Å². The van der Waals surface area contributed by atoms with Crippen LogP contribution in [0.15, 0.2) is 70.6 Å². The van der Waals surface area contributed by atoms with Crippen molar-refractivity contribution < 1.29 is 5.11 Å². The smallest absolute Gasteiger partial charge is 0.133 e. The lowest BCUT2D eigenvalue weighted by Gasteiger charge is -2.05. The molecule has 3 aromatic rings. The van der Waals surface area contributed by atoms with Crippen LogP contribution >= 0.6 is 23.2 Å². The van der Waals surface area contributed by atoms with E-state index in [1.54, 1.807) is 36.7 Å². The Morgan fingerprint density at radius 3 is 1.65 bits per heavy atom. The SMILES string of the molecule is Cc1cc(C=Nc2cccc(Cl)c2)c(O)c(C=Nc2cccc(Cl)c2)c1. The van der Waals surface area contributed by atoms with Gasteiger partial charge in [0.15, 0.2) is 0 Å². The second-order valence-corrected chi connectivity index (χ2v) is 6.64. The van der Waals surface area contributed by atoms with Gasteiger partial charge >= 0.3 is 0 Å². The molecule has 5 heteroatoms. The molecule has 0 spiro atoms. The van der Waals surface area contributed by atoms with Crippen molar-refractivity contribution >= 4 is 47.0 Å². The van der Waals surface area contributed by atoms with Crippen LogP contribution in [0.3, 0.4) is 0 Å². The quantitative estimate of drug-likeness (QED) is 0.513. The van der Waals surface area contributed by atoms with E-state index in [1.165, 1.54) is 0 Å². The molecule has 0 heterocycles. The minimum atomic E-state index is 0.118. The number of aryl methyl sites for hydroxylation is 1. The van der Waals surface area contributed by atoms with Gasteiger partial charge in [-0.25, -0.2) is 0 Å². The van der Waals surface area contributed by atoms with Gasteiger partial charge in [-0.1, -0.05) is 35.3 Å². The molecule has 0 aliphatic carbocycles. The van der Waals surface area contributed by atoms with Crippen LogP contribution in [-0.4, -0.2) is 17.5 Å². The van der Waals surface area contributed by atoms with Crippen molar-refractivity contribution in [1.29, 1.82) is 0 Å². The summed E-state index contributed by atoms with van der Waals surface area (Å²) in [6.07, 6.45) is 3.23. The molecule has 0 saturated carbocycles. The minimum absolute atomic E-state index is 0.118. The molecule has 0 saturated heterocycles. The van der Waals surface area contributed by atoms with Gasteiger partial charge in [-0.2, -0.15) is 0 Å². The third-order valence-electron chi connectivity index (χ3n) is 3.64. The first-order valence-electron chi connectivity index (χ1n) is 7.94. The Hall–Kier alpha value is -2.62. The lowest BCUT2D eigenvalue weighted by Crippen LogP contribution is -1.91. The van der Waals surface area contributed by atoms with Gasteiger partial charge in [0.1, 0.15) is 5.75 Å². The van der Waals surface area contributed by atoms with Gasteiger partial charge in [0, 0.05) is 33.6 Å². The van der Waals surface area contributed by atoms with Crippen molar-refractivity contribution in [3.05, 3.63) is 87.4 Å². The lowest BCUT2D eigenvalue weighted by molar-refractivity contribution is 0.473. The Morgan fingerprint density at radius 1 is 0.769 bits per heavy atom. The summed E-state index contributed by atoms with van der Waals surface area (Å²) in [4.78, 5) is 8.76. The number of benzene rings is 3. The monoisotopic (exact) mass is 382 g/mol. The summed E-state index contributed by atoms with van der Waals surface area (Å²) in [6, 6.07) is 18.2. The molecule has 0 aromatic heterocycles. The minimum Gasteiger partial charge on any atom is -0.507 e. The van der Waals surface area contributed by atoms with Gasteiger partial charge < -0.3 is 5.11 Å². The average Bonchev–Trinajstić information content (AvgIpc) is 2.61. The first kappa shape index (κ1) is 18.2. The molecular formula is C21H16Cl2N2O. The van der Waals surface area contributed by atoms with E-state index in [1.807, 2.05) is 43.3 Å². The topological polar surface area (TPSA) is 45.0 Å². The summed E-state index contributed by atoms with van der Waals surface area (Å²) in [7, 11) is 0. The molecular weight excluding hydrogens is 367 g/mol. The van der Waals surface area contributed by atoms with E-state index < -0.39 is 0 Å². The second kappa shape index (κ2) is 8.17. The largest absolute Gasteiger partial charge is 0.507 e. The fourth-order valence-corrected chi connectivity index (χ4v) is 2.80. The molecule has 1 N–H and O–H groups in total. The predicted octanol–water partition coefficient (Wildman–Crippen LogP) is 6.51. The number of aliphatic imine (C=N–C) groups is 2. The maximum absolute atomic E-state index is 10.5. The van der Waals surface area contributed by atoms with E-state index in [-0.39, 0.29) is 5.75 Å². The summed E-state index contributed by atoms with van der Waals surface area (Å²) in [5, 5.41) is 11.8. The highest BCUT2D eigenvalue weighted by molar-refractivity contribution is 6.31. The summed E-state index contributed by atoms with van der Waals surface area (Å²) in [5.74, 6) is 0.118. The molecule has 0 bridgehead atoms. The van der Waals surface area contributed by atoms with Gasteiger partial charge in [-0.15, -0.1) is 0 Å². The molecule has 0 aliphatic rings. The highest BCUT2D eigenvalue weighted by Crippen LogP contribution is 2.25. The first-order valence-corrected chi connectivity index (χ1v) is 8.70. The molecule has 3 rings (SSSR count). The normalized spacial score (nSPS) is 11.5. The van der Waals surface area contributed by atoms with Gasteiger partial charge in [0.05, 0.1) is 11.4 Å². The fraction of sp³-hybridized carbons (Fsp3) is 0.0476. The number of hydrogen-bond acceptors (Lipinski definition) is 3. The van der Waals surface area contributed by atoms with Crippen LogP contribution in [0.4, 0.5) is 11.4 Å². The Bertz CT molecular complexity index is 920. The maximum Gasteiger partial charge on any atom is 0.133 e. The molecule has 0 unspecified atom stereocenters. The van der Waals surface area contributed by atoms with Gasteiger partial charge in [-0.3, -0.25) is 9.98 Å². The van der Waals surface area contributed by atoms with E-state index in [2.05, 4.69) is 9.98 Å². The first-order chi connectivity index (χ1) is 12.5. The molecule has 3 nitrogen and oxygen atoms in total. The number of aromatic hydroxyl groups is 1. The third-order valence-corrected chi connectivity index (χ3v) is 4.11. The molecule has 0 fully saturated rings. The van der Waals surface area contributed by atoms with Crippen molar-refractivity contribution in [3.63, 3.8) is 0 Å². The molecule has 130 valence electrons. The van der Waals surface area contributed by atoms with Crippen molar-refractivity contribution in [1.82, 2.24) is 0 Å². The zero-order valence-corrected chi connectivity index (χ0v) is 15.5. The lowest BCUT2D eigenvalue weighted by atomic mass is 10.1. The van der Waals surface area contributed by atoms with Crippen LogP contribution in [0.1, 0.15) is 16.7 Å². The van der Waals surface area contributed by atoms with Crippen molar-refractivity contribution in [2.24, 2.45) is 9.98 Å². The number of nitrogens with zero attached hydrogens (tertiary/aromatic N) is 2. The van der Waals surface area contributed by atoms with Crippen molar-refractivity contribution in [3.8, 4) is 5.75 Å². The Balaban J connectivity index is 1.91. The van der Waals surface area contributed by atoms with Crippen LogP contribution in [0, 0.1) is 6.92 Å². The van der Waals surface area contributed by atoms with E-state index in [0.29, 0.717) is 32.5 Å². The zero-order chi connectivity index (χ0) is 18.5. The Kier molecular flexibility index (Phi) is 5.71. The standard InChI is InChI=1S/C21H16Cl2N2O/c1-14-8-15(12-24-19-6-2-4-17(22)10-19)21(26)16(9-14)13-25-20-7-3-5-18(23)11-20/h2-13,26H,1H3. The van der Waals surface area contributed by atoms with Crippen LogP contribution in [0.25, 0.3) is 0 Å². The van der Waals surface area contributed by atoms with Crippen molar-refractivity contribution in [2.75, 3.05) is 0 Å². The summed E-state index contributed by atoms with van der Waals surface area (Å²) in [6.45, 7) is 1.95. The van der Waals surface area contributed by atoms with Gasteiger partial charge in [0.2, 0.25) is 0 Å². The Morgan fingerprint density at radius 2 is 1.23 bits per heavy atom. The van der Waals surface area contributed by atoms with E-state index in [0.717, 1.165) is 5.56 Å². The van der Waals surface area contributed by atoms with Crippen LogP contribution in [0.5, 0.6) is 5.75 Å². The average molecular weight is 383 g/mol. The number of halogens is 2. The second-order valence-electron chi connectivity index (χ2n) is 5.77. The Labute approximate surface area is 162 Å². The zero-order valence-electron chi connectivity index (χ0n) is 14.0. The third kappa shape index (κ3) is 4.72. The van der Waals surface area contributed by atoms with E-state index in [4.69, 9.17) is 23.2 Å². The molecule has 26 heavy (non-hydrogen) atoms. The van der Waals surface area contributed by atoms with Crippen LogP contribution in [0.2, 0.25) is 10.0 Å². The highest BCUT2D eigenvalue weighted by Gasteiger charge is 2.06. The van der Waals surface area contributed by atoms with E-state index >= 15 is 0 Å². The molecule has 0 aliphatic heterocycles. The molecule has 3 aromatic carbocycles. The van der Waals surface area contributed by atoms with Crippen LogP contribution in [-0.2, 0) is 0 Å². The van der Waals surface area contributed by atoms with Crippen molar-refractivity contribution in [2.45, 2.75) is 6.92 Å². The maximum atomic E-state index is 10.5. The van der Waals surface area contributed by atoms with Crippen LogP contribution < -0.4 is 0 Å². The number of hydrogen-bond donors (Lipinski definition) is 1. The summed E-state index contributed by atoms with van der Waals surface area (Å²) in [5.41, 5.74) is 3.64. The number of phenolic OH excluding ortho intramolecular Hbond substituents is 1. The highest BCUT2D eigenvalue weighted by atomic mass is 35.5. The summed E-state index contributed by atoms with van der Waals surface area (Å²) < 4.78 is 0. The molecule has 0 amide bonds. The number of phenols is 1. The van der Waals surface area contributed by atoms with Gasteiger partial charge in [-0.05, 0) is 61.0 Å². The van der Waals surface area contributed by atoms with Gasteiger partial charge in [0.25, 0.3) is 0 Å². The molecule has 0 radical (unpaired) electrons. The number of rotatable bonds is 4. The summed E-state index contributed by atoms with van der Waals surface area (Å²) >= 11 is 11.9. The molecule has 0 atom stereocenters.